The van der Waals surface area contributed by atoms with Crippen LogP contribution in [0.25, 0.3) is 0 Å². The summed E-state index contributed by atoms with van der Waals surface area (Å²) < 4.78 is 0. The van der Waals surface area contributed by atoms with E-state index in [-0.39, 0.29) is 5.54 Å². The molecule has 0 saturated carbocycles. The molecule has 0 spiro atoms. The molecule has 0 aromatic heterocycles. The molecule has 0 aliphatic heterocycles. The number of nitrogens with two attached hydrogens (primary N) is 1. The zero-order valence-electron chi connectivity index (χ0n) is 9.96. The van der Waals surface area contributed by atoms with Crippen molar-refractivity contribution in [1.82, 2.24) is 0 Å². The van der Waals surface area contributed by atoms with Crippen molar-refractivity contribution in [3.8, 4) is 0 Å². The molecule has 2 aliphatic rings. The molecule has 0 amide bonds. The zero-order chi connectivity index (χ0) is 11.1. The van der Waals surface area contributed by atoms with Crippen molar-refractivity contribution in [2.45, 2.75) is 39.2 Å². The summed E-state index contributed by atoms with van der Waals surface area (Å²) in [6, 6.07) is 0. The average molecular weight is 203 g/mol. The summed E-state index contributed by atoms with van der Waals surface area (Å²) >= 11 is 0. The summed E-state index contributed by atoms with van der Waals surface area (Å²) in [5, 5.41) is 0. The number of rotatable bonds is 2. The van der Waals surface area contributed by atoms with E-state index in [2.05, 4.69) is 44.7 Å². The molecule has 0 fully saturated rings. The Hall–Kier alpha value is -0.780. The van der Waals surface area contributed by atoms with Crippen LogP contribution in [0.5, 0.6) is 0 Å². The third-order valence-corrected chi connectivity index (χ3v) is 4.07. The molecule has 0 aromatic rings. The topological polar surface area (TPSA) is 26.0 Å². The Labute approximate surface area is 92.7 Å². The lowest BCUT2D eigenvalue weighted by molar-refractivity contribution is 0.214. The SMILES string of the molecule is CCC(C)(N)C1CC2C=C2C=C=CC1C. The summed E-state index contributed by atoms with van der Waals surface area (Å²) in [6.07, 6.45) is 8.89. The van der Waals surface area contributed by atoms with Crippen LogP contribution in [-0.4, -0.2) is 5.54 Å². The lowest BCUT2D eigenvalue weighted by Gasteiger charge is -2.37. The first-order valence-electron chi connectivity index (χ1n) is 5.98. The van der Waals surface area contributed by atoms with Gasteiger partial charge in [-0.1, -0.05) is 19.9 Å². The standard InChI is InChI=1S/C14H21N/c1-4-14(3,15)13-9-12-8-11(12)7-5-6-10(13)2/h6-8,10,12-13H,4,9,15H2,1-3H3. The molecule has 4 unspecified atom stereocenters. The van der Waals surface area contributed by atoms with Crippen LogP contribution in [0.3, 0.4) is 0 Å². The largest absolute Gasteiger partial charge is 0.325 e. The number of fused-ring (bicyclic) bond motifs is 1. The molecule has 0 saturated heterocycles. The first-order chi connectivity index (χ1) is 7.04. The minimum Gasteiger partial charge on any atom is -0.325 e. The van der Waals surface area contributed by atoms with Crippen molar-refractivity contribution in [2.75, 3.05) is 0 Å². The molecule has 2 aliphatic carbocycles. The molecule has 0 aromatic carbocycles. The van der Waals surface area contributed by atoms with E-state index in [0.717, 1.165) is 6.42 Å². The van der Waals surface area contributed by atoms with Gasteiger partial charge in [-0.05, 0) is 49.3 Å². The van der Waals surface area contributed by atoms with Gasteiger partial charge in [-0.3, -0.25) is 0 Å². The fourth-order valence-electron chi connectivity index (χ4n) is 2.58. The van der Waals surface area contributed by atoms with Crippen LogP contribution in [-0.2, 0) is 0 Å². The second-order valence-electron chi connectivity index (χ2n) is 5.31. The lowest BCUT2D eigenvalue weighted by atomic mass is 9.73. The predicted octanol–water partition coefficient (Wildman–Crippen LogP) is 3.04. The van der Waals surface area contributed by atoms with E-state index in [4.69, 9.17) is 5.73 Å². The summed E-state index contributed by atoms with van der Waals surface area (Å²) in [5.41, 5.74) is 11.1. The maximum absolute atomic E-state index is 6.40. The molecular formula is C14H21N. The van der Waals surface area contributed by atoms with Crippen LogP contribution in [0, 0.1) is 17.8 Å². The van der Waals surface area contributed by atoms with Gasteiger partial charge in [0.25, 0.3) is 0 Å². The highest BCUT2D eigenvalue weighted by molar-refractivity contribution is 5.40. The predicted molar refractivity (Wildman–Crippen MR) is 64.4 cm³/mol. The van der Waals surface area contributed by atoms with Crippen LogP contribution < -0.4 is 5.73 Å². The van der Waals surface area contributed by atoms with Gasteiger partial charge < -0.3 is 5.73 Å². The van der Waals surface area contributed by atoms with E-state index < -0.39 is 0 Å². The molecule has 0 bridgehead atoms. The van der Waals surface area contributed by atoms with Gasteiger partial charge in [0.2, 0.25) is 0 Å². The summed E-state index contributed by atoms with van der Waals surface area (Å²) in [5.74, 6) is 1.79. The van der Waals surface area contributed by atoms with Gasteiger partial charge in [-0.2, -0.15) is 0 Å². The molecule has 1 nitrogen and oxygen atoms in total. The Morgan fingerprint density at radius 3 is 3.00 bits per heavy atom. The van der Waals surface area contributed by atoms with Crippen molar-refractivity contribution < 1.29 is 0 Å². The van der Waals surface area contributed by atoms with E-state index >= 15 is 0 Å². The second kappa shape index (κ2) is 3.66. The summed E-state index contributed by atoms with van der Waals surface area (Å²) in [7, 11) is 0. The highest BCUT2D eigenvalue weighted by atomic mass is 14.7. The molecule has 82 valence electrons. The Morgan fingerprint density at radius 1 is 1.60 bits per heavy atom. The molecular weight excluding hydrogens is 182 g/mol. The van der Waals surface area contributed by atoms with Crippen LogP contribution in [0.2, 0.25) is 0 Å². The molecule has 1 heteroatoms. The van der Waals surface area contributed by atoms with E-state index in [9.17, 15) is 0 Å². The number of hydrogen-bond acceptors (Lipinski definition) is 1. The highest BCUT2D eigenvalue weighted by Gasteiger charge is 2.37. The van der Waals surface area contributed by atoms with Crippen LogP contribution in [0.15, 0.2) is 29.5 Å². The molecule has 0 radical (unpaired) electrons. The van der Waals surface area contributed by atoms with E-state index in [1.807, 2.05) is 0 Å². The Morgan fingerprint density at radius 2 is 2.33 bits per heavy atom. The van der Waals surface area contributed by atoms with Crippen LogP contribution in [0.4, 0.5) is 0 Å². The molecule has 2 rings (SSSR count). The Kier molecular flexibility index (Phi) is 2.62. The van der Waals surface area contributed by atoms with Gasteiger partial charge in [-0.15, -0.1) is 5.73 Å². The first-order valence-corrected chi connectivity index (χ1v) is 5.98. The zero-order valence-corrected chi connectivity index (χ0v) is 9.96. The lowest BCUT2D eigenvalue weighted by Crippen LogP contribution is -2.46. The van der Waals surface area contributed by atoms with Crippen molar-refractivity contribution in [2.24, 2.45) is 23.5 Å². The van der Waals surface area contributed by atoms with Gasteiger partial charge in [0.1, 0.15) is 0 Å². The van der Waals surface area contributed by atoms with E-state index in [1.54, 1.807) is 0 Å². The van der Waals surface area contributed by atoms with Crippen LogP contribution in [0.1, 0.15) is 33.6 Å². The third-order valence-electron chi connectivity index (χ3n) is 4.07. The van der Waals surface area contributed by atoms with Crippen LogP contribution >= 0.6 is 0 Å². The third kappa shape index (κ3) is 2.09. The van der Waals surface area contributed by atoms with Crippen molar-refractivity contribution in [3.05, 3.63) is 29.5 Å². The molecule has 2 N–H and O–H groups in total. The summed E-state index contributed by atoms with van der Waals surface area (Å²) in [6.45, 7) is 6.64. The monoisotopic (exact) mass is 203 g/mol. The quantitative estimate of drug-likeness (QED) is 0.686. The van der Waals surface area contributed by atoms with E-state index in [0.29, 0.717) is 17.8 Å². The van der Waals surface area contributed by atoms with Gasteiger partial charge in [0, 0.05) is 11.5 Å². The fourth-order valence-corrected chi connectivity index (χ4v) is 2.58. The summed E-state index contributed by atoms with van der Waals surface area (Å²) in [4.78, 5) is 0. The maximum atomic E-state index is 6.40. The van der Waals surface area contributed by atoms with Crippen molar-refractivity contribution in [3.63, 3.8) is 0 Å². The van der Waals surface area contributed by atoms with Gasteiger partial charge >= 0.3 is 0 Å². The van der Waals surface area contributed by atoms with Gasteiger partial charge in [0.05, 0.1) is 0 Å². The van der Waals surface area contributed by atoms with E-state index in [1.165, 1.54) is 12.0 Å². The maximum Gasteiger partial charge on any atom is 0.0157 e. The molecule has 15 heavy (non-hydrogen) atoms. The number of allylic oxidation sites excluding steroid dienone is 3. The molecule has 0 heterocycles. The van der Waals surface area contributed by atoms with Gasteiger partial charge in [-0.25, -0.2) is 0 Å². The smallest absolute Gasteiger partial charge is 0.0157 e. The fraction of sp³-hybridized carbons (Fsp3) is 0.643. The normalized spacial score (nSPS) is 37.3. The van der Waals surface area contributed by atoms with Crippen molar-refractivity contribution in [1.29, 1.82) is 0 Å². The minimum absolute atomic E-state index is 0.0452. The van der Waals surface area contributed by atoms with Gasteiger partial charge in [0.15, 0.2) is 0 Å². The second-order valence-corrected chi connectivity index (χ2v) is 5.31. The Balaban J connectivity index is 2.21. The van der Waals surface area contributed by atoms with Crippen molar-refractivity contribution >= 4 is 0 Å². The average Bonchev–Trinajstić information content (AvgIpc) is 2.89. The molecule has 4 atom stereocenters. The highest BCUT2D eigenvalue weighted by Crippen LogP contribution is 2.42. The first kappa shape index (κ1) is 10.7. The minimum atomic E-state index is -0.0452. The number of hydrogen-bond donors (Lipinski definition) is 1. The Bertz CT molecular complexity index is 342.